The standard InChI is InChI=1S/C45H63N5O6/c1-27-36-22-32(45(36,3)4)23-37(27)47-44(54)41-40(28(2)52)39(26-51)56-50(41)24-31-16-13-17-34(42(31)55-9)30-18-19-38(49(7)8)35(21-30)43(53)46-33(25-48(5)6)20-29-14-11-10-12-15-29/h10-19,21,27-28,32-33,36-37,39-41,51-52H,20,22-26H2,1-9H3,(H,46,53)(H,47,54)/t27-,28-,32+,33-,36+,37-,39-,40-,41-/m0/s1. The molecule has 56 heavy (non-hydrogen) atoms. The molecule has 4 N–H and O–H groups in total. The average molecular weight is 770 g/mol. The molecule has 4 aliphatic rings. The summed E-state index contributed by atoms with van der Waals surface area (Å²) in [5, 5.41) is 29.6. The van der Waals surface area contributed by atoms with E-state index in [1.807, 2.05) is 87.7 Å². The van der Waals surface area contributed by atoms with Crippen molar-refractivity contribution >= 4 is 17.5 Å². The summed E-state index contributed by atoms with van der Waals surface area (Å²) in [5.41, 5.74) is 5.10. The van der Waals surface area contributed by atoms with Gasteiger partial charge in [-0.3, -0.25) is 14.4 Å². The first-order chi connectivity index (χ1) is 26.6. The van der Waals surface area contributed by atoms with Crippen molar-refractivity contribution in [2.75, 3.05) is 53.4 Å². The molecule has 9 atom stereocenters. The Labute approximate surface area is 333 Å². The Bertz CT molecular complexity index is 1830. The number of amides is 2. The molecule has 2 bridgehead atoms. The molecule has 3 saturated carbocycles. The van der Waals surface area contributed by atoms with E-state index in [-0.39, 0.29) is 42.5 Å². The van der Waals surface area contributed by atoms with Crippen LogP contribution in [0, 0.1) is 29.1 Å². The molecule has 0 spiro atoms. The van der Waals surface area contributed by atoms with Crippen LogP contribution in [0.3, 0.4) is 0 Å². The van der Waals surface area contributed by atoms with Crippen molar-refractivity contribution < 1.29 is 29.4 Å². The van der Waals surface area contributed by atoms with Crippen molar-refractivity contribution in [3.63, 3.8) is 0 Å². The summed E-state index contributed by atoms with van der Waals surface area (Å²) in [6, 6.07) is 20.9. The Kier molecular flexibility index (Phi) is 12.8. The second-order valence-corrected chi connectivity index (χ2v) is 17.5. The maximum absolute atomic E-state index is 14.3. The highest BCUT2D eigenvalue weighted by Gasteiger charge is 2.57. The van der Waals surface area contributed by atoms with E-state index in [9.17, 15) is 19.8 Å². The van der Waals surface area contributed by atoms with Crippen molar-refractivity contribution in [2.45, 2.75) is 83.8 Å². The molecule has 0 unspecified atom stereocenters. The SMILES string of the molecule is COc1c(CN2O[C@@H](CO)[C@H]([C@H](C)O)[C@H]2C(=O)N[C@H]2C[C@H]3C[C@H]([C@@H]2C)C3(C)C)cccc1-c1ccc(N(C)C)c(C(=O)N[C@@H](Cc2ccccc2)CN(C)C)c1. The lowest BCUT2D eigenvalue weighted by Crippen LogP contribution is -2.62. The molecule has 2 amide bonds. The number of likely N-dealkylation sites (N-methyl/N-ethyl adjacent to an activating group) is 1. The number of nitrogens with zero attached hydrogens (tertiary/aromatic N) is 3. The summed E-state index contributed by atoms with van der Waals surface area (Å²) in [6.45, 7) is 9.07. The highest BCUT2D eigenvalue weighted by Crippen LogP contribution is 2.61. The summed E-state index contributed by atoms with van der Waals surface area (Å²) in [4.78, 5) is 38.8. The summed E-state index contributed by atoms with van der Waals surface area (Å²) in [5.74, 6) is 1.03. The van der Waals surface area contributed by atoms with Crippen molar-refractivity contribution in [3.05, 3.63) is 83.4 Å². The number of aliphatic hydroxyl groups is 2. The molecule has 0 radical (unpaired) electrons. The zero-order valence-electron chi connectivity index (χ0n) is 34.7. The quantitative estimate of drug-likeness (QED) is 0.169. The monoisotopic (exact) mass is 769 g/mol. The number of fused-ring (bicyclic) bond motifs is 2. The summed E-state index contributed by atoms with van der Waals surface area (Å²) >= 11 is 0. The maximum atomic E-state index is 14.3. The first-order valence-corrected chi connectivity index (χ1v) is 20.1. The van der Waals surface area contributed by atoms with Crippen LogP contribution in [0.2, 0.25) is 0 Å². The highest BCUT2D eigenvalue weighted by atomic mass is 16.7. The van der Waals surface area contributed by atoms with Crippen LogP contribution in [-0.4, -0.2) is 111 Å². The Balaban J connectivity index is 1.28. The van der Waals surface area contributed by atoms with Crippen LogP contribution in [0.15, 0.2) is 66.7 Å². The van der Waals surface area contributed by atoms with Crippen LogP contribution in [0.4, 0.5) is 5.69 Å². The van der Waals surface area contributed by atoms with Gasteiger partial charge in [-0.1, -0.05) is 75.4 Å². The zero-order chi connectivity index (χ0) is 40.5. The van der Waals surface area contributed by atoms with Gasteiger partial charge in [0, 0.05) is 55.5 Å². The van der Waals surface area contributed by atoms with E-state index in [1.54, 1.807) is 19.1 Å². The van der Waals surface area contributed by atoms with Crippen LogP contribution in [-0.2, 0) is 22.6 Å². The number of anilines is 1. The van der Waals surface area contributed by atoms with E-state index in [1.165, 1.54) is 6.42 Å². The molecule has 11 heteroatoms. The van der Waals surface area contributed by atoms with E-state index in [0.29, 0.717) is 42.0 Å². The maximum Gasteiger partial charge on any atom is 0.253 e. The molecular formula is C45H63N5O6. The van der Waals surface area contributed by atoms with Gasteiger partial charge in [-0.2, -0.15) is 5.06 Å². The topological polar surface area (TPSA) is 127 Å². The Hall–Kier alpha value is -4.00. The first-order valence-electron chi connectivity index (χ1n) is 20.1. The molecule has 1 heterocycles. The second kappa shape index (κ2) is 17.2. The number of rotatable bonds is 15. The average Bonchev–Trinajstić information content (AvgIpc) is 3.53. The normalized spacial score (nSPS) is 26.6. The molecule has 3 aromatic rings. The lowest BCUT2D eigenvalue weighted by atomic mass is 9.45. The number of aliphatic hydroxyl groups excluding tert-OH is 2. The molecule has 11 nitrogen and oxygen atoms in total. The van der Waals surface area contributed by atoms with Gasteiger partial charge in [-0.05, 0) is 86.7 Å². The van der Waals surface area contributed by atoms with Gasteiger partial charge in [-0.25, -0.2) is 0 Å². The number of carbonyl (C=O) groups is 2. The predicted molar refractivity (Wildman–Crippen MR) is 220 cm³/mol. The van der Waals surface area contributed by atoms with Crippen molar-refractivity contribution in [3.8, 4) is 16.9 Å². The summed E-state index contributed by atoms with van der Waals surface area (Å²) in [6.07, 6.45) is 1.17. The first kappa shape index (κ1) is 41.6. The second-order valence-electron chi connectivity index (χ2n) is 17.5. The highest BCUT2D eigenvalue weighted by molar-refractivity contribution is 6.01. The van der Waals surface area contributed by atoms with Crippen LogP contribution in [0.25, 0.3) is 11.1 Å². The van der Waals surface area contributed by atoms with Gasteiger partial charge in [0.15, 0.2) is 0 Å². The molecule has 3 aliphatic carbocycles. The lowest BCUT2D eigenvalue weighted by Gasteiger charge is -2.62. The molecule has 3 aromatic carbocycles. The van der Waals surface area contributed by atoms with Gasteiger partial charge in [0.2, 0.25) is 5.91 Å². The van der Waals surface area contributed by atoms with Gasteiger partial charge in [0.1, 0.15) is 17.9 Å². The number of carbonyl (C=O) groups excluding carboxylic acids is 2. The van der Waals surface area contributed by atoms with Crippen LogP contribution >= 0.6 is 0 Å². The van der Waals surface area contributed by atoms with Crippen LogP contribution < -0.4 is 20.3 Å². The zero-order valence-corrected chi connectivity index (χ0v) is 34.7. The molecule has 1 aliphatic heterocycles. The fourth-order valence-corrected chi connectivity index (χ4v) is 9.87. The summed E-state index contributed by atoms with van der Waals surface area (Å²) < 4.78 is 6.09. The van der Waals surface area contributed by atoms with E-state index in [0.717, 1.165) is 34.4 Å². The minimum absolute atomic E-state index is 0.0369. The minimum atomic E-state index is -0.901. The molecule has 1 saturated heterocycles. The molecular weight excluding hydrogens is 707 g/mol. The van der Waals surface area contributed by atoms with Crippen LogP contribution in [0.1, 0.15) is 62.0 Å². The van der Waals surface area contributed by atoms with Gasteiger partial charge < -0.3 is 35.4 Å². The van der Waals surface area contributed by atoms with Crippen LogP contribution in [0.5, 0.6) is 5.75 Å². The third-order valence-corrected chi connectivity index (χ3v) is 13.0. The minimum Gasteiger partial charge on any atom is -0.496 e. The number of hydroxylamine groups is 2. The lowest BCUT2D eigenvalue weighted by molar-refractivity contribution is -0.183. The van der Waals surface area contributed by atoms with Crippen molar-refractivity contribution in [1.29, 1.82) is 0 Å². The Morgan fingerprint density at radius 3 is 2.38 bits per heavy atom. The van der Waals surface area contributed by atoms with Gasteiger partial charge in [0.25, 0.3) is 5.91 Å². The van der Waals surface area contributed by atoms with Gasteiger partial charge >= 0.3 is 0 Å². The molecule has 4 fully saturated rings. The smallest absolute Gasteiger partial charge is 0.253 e. The van der Waals surface area contributed by atoms with E-state index >= 15 is 0 Å². The third-order valence-electron chi connectivity index (χ3n) is 13.0. The number of methoxy groups -OCH3 is 1. The fourth-order valence-electron chi connectivity index (χ4n) is 9.87. The number of hydrogen-bond acceptors (Lipinski definition) is 9. The number of nitrogens with one attached hydrogen (secondary N) is 2. The predicted octanol–water partition coefficient (Wildman–Crippen LogP) is 4.99. The van der Waals surface area contributed by atoms with Crippen molar-refractivity contribution in [1.82, 2.24) is 20.6 Å². The largest absolute Gasteiger partial charge is 0.496 e. The third kappa shape index (κ3) is 8.48. The molecule has 304 valence electrons. The van der Waals surface area contributed by atoms with Gasteiger partial charge in [-0.15, -0.1) is 0 Å². The van der Waals surface area contributed by atoms with E-state index in [2.05, 4.69) is 48.4 Å². The number of benzene rings is 3. The van der Waals surface area contributed by atoms with E-state index < -0.39 is 24.2 Å². The Morgan fingerprint density at radius 1 is 1.04 bits per heavy atom. The number of hydrogen-bond donors (Lipinski definition) is 4. The summed E-state index contributed by atoms with van der Waals surface area (Å²) in [7, 11) is 9.47. The van der Waals surface area contributed by atoms with E-state index in [4.69, 9.17) is 9.57 Å². The fraction of sp³-hybridized carbons (Fsp3) is 0.556. The Morgan fingerprint density at radius 2 is 1.77 bits per heavy atom. The molecule has 0 aromatic heterocycles. The molecule has 7 rings (SSSR count). The van der Waals surface area contributed by atoms with Crippen molar-refractivity contribution in [2.24, 2.45) is 29.1 Å². The number of ether oxygens (including phenoxy) is 1. The van der Waals surface area contributed by atoms with Gasteiger partial charge in [0.05, 0.1) is 31.9 Å². The number of para-hydroxylation sites is 1.